The van der Waals surface area contributed by atoms with Gasteiger partial charge in [0.1, 0.15) is 6.54 Å². The molecule has 2 aromatic heterocycles. The van der Waals surface area contributed by atoms with Crippen LogP contribution in [0.3, 0.4) is 0 Å². The van der Waals surface area contributed by atoms with E-state index in [0.717, 1.165) is 36.5 Å². The number of piperidine rings is 1. The standard InChI is InChI=1S/C22H28N6OS2/c1-14-4-6-17(7-5-14)20-25-26-22(30)28(20)12-19(29)24-21-23-18(13-31-21)11-27-9-15(2)8-16(3)10-27/h4-7,13,15-16H,8-12H2,1-3H3,(H,26,30)(H,23,24,29)/t15-,16-/m0/s1. The first-order valence-corrected chi connectivity index (χ1v) is 11.8. The first-order valence-electron chi connectivity index (χ1n) is 10.6. The van der Waals surface area contributed by atoms with E-state index < -0.39 is 0 Å². The van der Waals surface area contributed by atoms with Gasteiger partial charge >= 0.3 is 0 Å². The summed E-state index contributed by atoms with van der Waals surface area (Å²) in [4.78, 5) is 19.8. The molecule has 164 valence electrons. The first kappa shape index (κ1) is 21.9. The molecule has 0 unspecified atom stereocenters. The Morgan fingerprint density at radius 3 is 2.68 bits per heavy atom. The van der Waals surface area contributed by atoms with Crippen LogP contribution in [0.15, 0.2) is 29.6 Å². The summed E-state index contributed by atoms with van der Waals surface area (Å²) in [5.41, 5.74) is 3.07. The molecular weight excluding hydrogens is 428 g/mol. The van der Waals surface area contributed by atoms with Crippen molar-refractivity contribution in [3.8, 4) is 11.4 Å². The number of hydrogen-bond donors (Lipinski definition) is 2. The molecule has 0 saturated carbocycles. The van der Waals surface area contributed by atoms with E-state index in [4.69, 9.17) is 12.2 Å². The zero-order valence-electron chi connectivity index (χ0n) is 18.1. The van der Waals surface area contributed by atoms with Crippen LogP contribution in [0.1, 0.15) is 31.5 Å². The number of thiazole rings is 1. The second-order valence-corrected chi connectivity index (χ2v) is 9.88. The Hall–Kier alpha value is -2.36. The molecule has 3 aromatic rings. The number of H-pyrrole nitrogens is 1. The van der Waals surface area contributed by atoms with E-state index in [-0.39, 0.29) is 12.5 Å². The Bertz CT molecular complexity index is 1090. The van der Waals surface area contributed by atoms with E-state index >= 15 is 0 Å². The molecular formula is C22H28N6OS2. The molecule has 2 N–H and O–H groups in total. The smallest absolute Gasteiger partial charge is 0.246 e. The third kappa shape index (κ3) is 5.47. The zero-order chi connectivity index (χ0) is 22.0. The van der Waals surface area contributed by atoms with Crippen molar-refractivity contribution in [2.45, 2.75) is 40.3 Å². The number of likely N-dealkylation sites (tertiary alicyclic amines) is 1. The van der Waals surface area contributed by atoms with Crippen LogP contribution in [-0.2, 0) is 17.9 Å². The normalized spacial score (nSPS) is 19.5. The number of aromatic amines is 1. The van der Waals surface area contributed by atoms with Crippen LogP contribution in [0.2, 0.25) is 0 Å². The number of amides is 1. The minimum Gasteiger partial charge on any atom is -0.300 e. The molecule has 4 rings (SSSR count). The molecule has 1 saturated heterocycles. The van der Waals surface area contributed by atoms with Gasteiger partial charge in [-0.25, -0.2) is 4.98 Å². The van der Waals surface area contributed by atoms with Crippen molar-refractivity contribution in [1.82, 2.24) is 24.6 Å². The van der Waals surface area contributed by atoms with Crippen LogP contribution >= 0.6 is 23.6 Å². The van der Waals surface area contributed by atoms with Crippen molar-refractivity contribution in [2.24, 2.45) is 11.8 Å². The average Bonchev–Trinajstić information content (AvgIpc) is 3.28. The number of rotatable bonds is 6. The predicted molar refractivity (Wildman–Crippen MR) is 127 cm³/mol. The minimum atomic E-state index is -0.174. The SMILES string of the molecule is Cc1ccc(-c2n[nH]c(=S)n2CC(=O)Nc2nc(CN3C[C@@H](C)C[C@H](C)C3)cs2)cc1. The minimum absolute atomic E-state index is 0.0780. The zero-order valence-corrected chi connectivity index (χ0v) is 19.7. The third-order valence-corrected chi connectivity index (χ3v) is 6.62. The van der Waals surface area contributed by atoms with Crippen molar-refractivity contribution >= 4 is 34.6 Å². The van der Waals surface area contributed by atoms with Crippen molar-refractivity contribution in [3.05, 3.63) is 45.7 Å². The largest absolute Gasteiger partial charge is 0.300 e. The summed E-state index contributed by atoms with van der Waals surface area (Å²) in [5.74, 6) is 1.90. The molecule has 2 atom stereocenters. The maximum atomic E-state index is 12.7. The summed E-state index contributed by atoms with van der Waals surface area (Å²) in [6, 6.07) is 7.98. The van der Waals surface area contributed by atoms with E-state index in [2.05, 4.69) is 39.2 Å². The fourth-order valence-corrected chi connectivity index (χ4v) is 5.19. The van der Waals surface area contributed by atoms with Crippen molar-refractivity contribution < 1.29 is 4.79 Å². The molecule has 0 radical (unpaired) electrons. The topological polar surface area (TPSA) is 78.8 Å². The van der Waals surface area contributed by atoms with E-state index in [1.165, 1.54) is 17.8 Å². The van der Waals surface area contributed by atoms with Gasteiger partial charge in [0.15, 0.2) is 15.7 Å². The van der Waals surface area contributed by atoms with Gasteiger partial charge in [-0.05, 0) is 37.4 Å². The number of aromatic nitrogens is 4. The Kier molecular flexibility index (Phi) is 6.64. The van der Waals surface area contributed by atoms with Gasteiger partial charge in [-0.2, -0.15) is 5.10 Å². The molecule has 9 heteroatoms. The molecule has 1 aliphatic heterocycles. The molecule has 31 heavy (non-hydrogen) atoms. The van der Waals surface area contributed by atoms with Crippen LogP contribution < -0.4 is 5.32 Å². The molecule has 1 fully saturated rings. The molecule has 1 amide bonds. The summed E-state index contributed by atoms with van der Waals surface area (Å²) in [7, 11) is 0. The van der Waals surface area contributed by atoms with Gasteiger partial charge in [0, 0.05) is 30.6 Å². The van der Waals surface area contributed by atoms with Gasteiger partial charge in [0.25, 0.3) is 0 Å². The summed E-state index contributed by atoms with van der Waals surface area (Å²) in [6.45, 7) is 9.75. The van der Waals surface area contributed by atoms with Crippen LogP contribution in [0.4, 0.5) is 5.13 Å². The Morgan fingerprint density at radius 1 is 1.26 bits per heavy atom. The van der Waals surface area contributed by atoms with E-state index in [1.807, 2.05) is 36.6 Å². The van der Waals surface area contributed by atoms with Gasteiger partial charge in [-0.3, -0.25) is 19.4 Å². The van der Waals surface area contributed by atoms with E-state index in [0.29, 0.717) is 27.6 Å². The van der Waals surface area contributed by atoms with E-state index in [9.17, 15) is 4.79 Å². The van der Waals surface area contributed by atoms with Crippen molar-refractivity contribution in [2.75, 3.05) is 18.4 Å². The Labute approximate surface area is 191 Å². The number of aryl methyl sites for hydroxylation is 1. The predicted octanol–water partition coefficient (Wildman–Crippen LogP) is 4.49. The second-order valence-electron chi connectivity index (χ2n) is 8.64. The summed E-state index contributed by atoms with van der Waals surface area (Å²) in [5, 5.41) is 12.7. The number of anilines is 1. The van der Waals surface area contributed by atoms with E-state index in [1.54, 1.807) is 4.57 Å². The lowest BCUT2D eigenvalue weighted by molar-refractivity contribution is -0.116. The highest BCUT2D eigenvalue weighted by Crippen LogP contribution is 2.24. The third-order valence-electron chi connectivity index (χ3n) is 5.50. The molecule has 7 nitrogen and oxygen atoms in total. The van der Waals surface area contributed by atoms with Crippen molar-refractivity contribution in [1.29, 1.82) is 0 Å². The maximum absolute atomic E-state index is 12.7. The maximum Gasteiger partial charge on any atom is 0.246 e. The van der Waals surface area contributed by atoms with Crippen LogP contribution in [0, 0.1) is 23.5 Å². The first-order chi connectivity index (χ1) is 14.9. The number of carbonyl (C=O) groups excluding carboxylic acids is 1. The van der Waals surface area contributed by atoms with Crippen LogP contribution in [0.5, 0.6) is 0 Å². The quantitative estimate of drug-likeness (QED) is 0.535. The Morgan fingerprint density at radius 2 is 1.97 bits per heavy atom. The second kappa shape index (κ2) is 9.42. The average molecular weight is 457 g/mol. The number of hydrogen-bond acceptors (Lipinski definition) is 6. The Balaban J connectivity index is 1.40. The lowest BCUT2D eigenvalue weighted by atomic mass is 9.92. The van der Waals surface area contributed by atoms with Crippen molar-refractivity contribution in [3.63, 3.8) is 0 Å². The number of nitrogens with zero attached hydrogens (tertiary/aromatic N) is 4. The lowest BCUT2D eigenvalue weighted by Crippen LogP contribution is -2.38. The van der Waals surface area contributed by atoms with Gasteiger partial charge in [0.05, 0.1) is 5.69 Å². The highest BCUT2D eigenvalue weighted by Gasteiger charge is 2.22. The van der Waals surface area contributed by atoms with Gasteiger partial charge < -0.3 is 5.32 Å². The van der Waals surface area contributed by atoms with Gasteiger partial charge in [-0.15, -0.1) is 11.3 Å². The fraction of sp³-hybridized carbons (Fsp3) is 0.455. The molecule has 1 aromatic carbocycles. The monoisotopic (exact) mass is 456 g/mol. The molecule has 3 heterocycles. The molecule has 0 aliphatic carbocycles. The van der Waals surface area contributed by atoms with Crippen LogP contribution in [-0.4, -0.2) is 43.6 Å². The van der Waals surface area contributed by atoms with Gasteiger partial charge in [0.2, 0.25) is 5.91 Å². The lowest BCUT2D eigenvalue weighted by Gasteiger charge is -2.34. The summed E-state index contributed by atoms with van der Waals surface area (Å²) < 4.78 is 2.12. The molecule has 1 aliphatic rings. The number of carbonyl (C=O) groups is 1. The van der Waals surface area contributed by atoms with Crippen LogP contribution in [0.25, 0.3) is 11.4 Å². The highest BCUT2D eigenvalue weighted by atomic mass is 32.1. The molecule has 0 bridgehead atoms. The fourth-order valence-electron chi connectivity index (χ4n) is 4.28. The number of benzene rings is 1. The molecule has 0 spiro atoms. The number of nitrogens with one attached hydrogen (secondary N) is 2. The highest BCUT2D eigenvalue weighted by molar-refractivity contribution is 7.71. The summed E-state index contributed by atoms with van der Waals surface area (Å²) >= 11 is 6.80. The van der Waals surface area contributed by atoms with Gasteiger partial charge in [-0.1, -0.05) is 43.7 Å². The summed E-state index contributed by atoms with van der Waals surface area (Å²) in [6.07, 6.45) is 1.29.